The molecule has 14 nitrogen and oxygen atoms in total. The number of carbonyl (C=O) groups excluding carboxylic acids is 5. The molecule has 0 spiro atoms. The zero-order valence-electron chi connectivity index (χ0n) is 36.8. The number of esters is 1. The molecule has 14 heteroatoms. The van der Waals surface area contributed by atoms with Crippen LogP contribution in [0.4, 0.5) is 4.79 Å². The second-order valence-electron chi connectivity index (χ2n) is 16.6. The van der Waals surface area contributed by atoms with Crippen LogP contribution in [0.3, 0.4) is 0 Å². The second kappa shape index (κ2) is 22.9. The average Bonchev–Trinajstić information content (AvgIpc) is 3.93. The molecule has 0 bridgehead atoms. The molecule has 0 fully saturated rings. The first-order chi connectivity index (χ1) is 28.7. The molecule has 4 rings (SSSR count). The Bertz CT molecular complexity index is 2040. The number of rotatable bonds is 13. The van der Waals surface area contributed by atoms with Crippen LogP contribution in [0.1, 0.15) is 108 Å². The molecule has 4 amide bonds. The fraction of sp³-hybridized carbons (Fsp3) is 0.468. The molecule has 0 aromatic heterocycles. The van der Waals surface area contributed by atoms with Crippen molar-refractivity contribution in [2.45, 2.75) is 116 Å². The lowest BCUT2D eigenvalue weighted by molar-refractivity contribution is -0.144. The zero-order chi connectivity index (χ0) is 45.2. The minimum absolute atomic E-state index is 0.248. The number of hydrogen-bond donors (Lipinski definition) is 5. The summed E-state index contributed by atoms with van der Waals surface area (Å²) in [5.74, 6) is 11.5. The molecular weight excluding hydrogens is 779 g/mol. The van der Waals surface area contributed by atoms with Crippen LogP contribution in [0.2, 0.25) is 0 Å². The fourth-order valence-corrected chi connectivity index (χ4v) is 5.97. The predicted molar refractivity (Wildman–Crippen MR) is 234 cm³/mol. The van der Waals surface area contributed by atoms with Gasteiger partial charge in [0.25, 0.3) is 11.8 Å². The van der Waals surface area contributed by atoms with E-state index < -0.39 is 46.7 Å². The van der Waals surface area contributed by atoms with Crippen LogP contribution in [0, 0.1) is 23.7 Å². The van der Waals surface area contributed by atoms with Crippen LogP contribution in [-0.4, -0.2) is 85.9 Å². The number of methoxy groups -OCH3 is 1. The normalized spacial score (nSPS) is 14.3. The molecule has 0 aliphatic heterocycles. The molecule has 6 N–H and O–H groups in total. The van der Waals surface area contributed by atoms with Crippen LogP contribution in [0.15, 0.2) is 71.8 Å². The van der Waals surface area contributed by atoms with Gasteiger partial charge in [-0.1, -0.05) is 35.8 Å². The van der Waals surface area contributed by atoms with E-state index in [1.807, 2.05) is 0 Å². The minimum atomic E-state index is -1.19. The molecule has 0 radical (unpaired) electrons. The molecular formula is C47H61N5O9. The quantitative estimate of drug-likeness (QED) is 0.127. The predicted octanol–water partition coefficient (Wildman–Crippen LogP) is 5.51. The minimum Gasteiger partial charge on any atom is -0.481 e. The molecule has 0 saturated heterocycles. The van der Waals surface area contributed by atoms with E-state index in [4.69, 9.17) is 24.7 Å². The zero-order valence-corrected chi connectivity index (χ0v) is 36.8. The second-order valence-corrected chi connectivity index (χ2v) is 16.6. The SMILES string of the molecule is CNC(=O)[C@@H](NC(=O)c1ccc(OCC#CC2=CCCC2)cc1)C(C)(C)N.COC(=O)[C@@H](NC(=O)c1ccc(OCC#CC2=CCCC2)cc1)C(C)(C)NC(=O)OC(C)(C)C. The third-order valence-electron chi connectivity index (χ3n) is 9.22. The summed E-state index contributed by atoms with van der Waals surface area (Å²) >= 11 is 0. The third-order valence-corrected chi connectivity index (χ3v) is 9.22. The largest absolute Gasteiger partial charge is 0.481 e. The van der Waals surface area contributed by atoms with Gasteiger partial charge in [-0.2, -0.15) is 0 Å². The van der Waals surface area contributed by atoms with Crippen molar-refractivity contribution < 1.29 is 42.9 Å². The first-order valence-corrected chi connectivity index (χ1v) is 20.2. The Morgan fingerprint density at radius 1 is 0.705 bits per heavy atom. The number of nitrogens with two attached hydrogens (primary N) is 1. The van der Waals surface area contributed by atoms with E-state index in [2.05, 4.69) is 57.1 Å². The Kier molecular flexibility index (Phi) is 18.5. The average molecular weight is 840 g/mol. The maximum atomic E-state index is 12.8. The number of benzene rings is 2. The van der Waals surface area contributed by atoms with Gasteiger partial charge in [0.1, 0.15) is 42.4 Å². The lowest BCUT2D eigenvalue weighted by Crippen LogP contribution is -2.62. The highest BCUT2D eigenvalue weighted by Crippen LogP contribution is 2.19. The van der Waals surface area contributed by atoms with Gasteiger partial charge in [0.15, 0.2) is 0 Å². The first-order valence-electron chi connectivity index (χ1n) is 20.2. The molecule has 0 unspecified atom stereocenters. The van der Waals surface area contributed by atoms with Crippen LogP contribution in [0.5, 0.6) is 11.5 Å². The van der Waals surface area contributed by atoms with Crippen molar-refractivity contribution in [3.05, 3.63) is 83.0 Å². The van der Waals surface area contributed by atoms with Crippen molar-refractivity contribution in [3.8, 4) is 35.2 Å². The van der Waals surface area contributed by atoms with E-state index in [-0.39, 0.29) is 18.4 Å². The number of carbonyl (C=O) groups is 5. The van der Waals surface area contributed by atoms with Gasteiger partial charge in [0.2, 0.25) is 5.91 Å². The maximum absolute atomic E-state index is 12.8. The van der Waals surface area contributed by atoms with Crippen molar-refractivity contribution in [3.63, 3.8) is 0 Å². The van der Waals surface area contributed by atoms with Crippen molar-refractivity contribution in [1.82, 2.24) is 21.3 Å². The van der Waals surface area contributed by atoms with Crippen molar-refractivity contribution in [1.29, 1.82) is 0 Å². The van der Waals surface area contributed by atoms with Gasteiger partial charge in [-0.3, -0.25) is 14.4 Å². The molecule has 2 aliphatic carbocycles. The summed E-state index contributed by atoms with van der Waals surface area (Å²) in [6.07, 6.45) is 10.2. The summed E-state index contributed by atoms with van der Waals surface area (Å²) in [7, 11) is 2.72. The Balaban J connectivity index is 0.000000334. The summed E-state index contributed by atoms with van der Waals surface area (Å²) in [5.41, 5.74) is 6.27. The Morgan fingerprint density at radius 2 is 1.15 bits per heavy atom. The van der Waals surface area contributed by atoms with E-state index in [1.54, 1.807) is 97.0 Å². The van der Waals surface area contributed by atoms with Gasteiger partial charge >= 0.3 is 12.1 Å². The van der Waals surface area contributed by atoms with Gasteiger partial charge in [-0.25, -0.2) is 9.59 Å². The van der Waals surface area contributed by atoms with Gasteiger partial charge in [0.05, 0.1) is 12.6 Å². The lowest BCUT2D eigenvalue weighted by Gasteiger charge is -2.34. The monoisotopic (exact) mass is 839 g/mol. The smallest absolute Gasteiger partial charge is 0.408 e. The van der Waals surface area contributed by atoms with E-state index in [0.717, 1.165) is 37.7 Å². The summed E-state index contributed by atoms with van der Waals surface area (Å²) in [4.78, 5) is 61.9. The van der Waals surface area contributed by atoms with Gasteiger partial charge in [0, 0.05) is 23.7 Å². The third kappa shape index (κ3) is 17.1. The molecule has 0 saturated carbocycles. The summed E-state index contributed by atoms with van der Waals surface area (Å²) in [6.45, 7) is 12.3. The summed E-state index contributed by atoms with van der Waals surface area (Å²) < 4.78 is 21.3. The van der Waals surface area contributed by atoms with Crippen LogP contribution in [0.25, 0.3) is 0 Å². The highest BCUT2D eigenvalue weighted by Gasteiger charge is 2.40. The molecule has 0 heterocycles. The molecule has 2 aliphatic rings. The fourth-order valence-electron chi connectivity index (χ4n) is 5.97. The van der Waals surface area contributed by atoms with Crippen LogP contribution in [-0.2, 0) is 19.1 Å². The topological polar surface area (TPSA) is 196 Å². The van der Waals surface area contributed by atoms with E-state index >= 15 is 0 Å². The number of alkyl carbamates (subject to hydrolysis) is 1. The van der Waals surface area contributed by atoms with Gasteiger partial charge in [-0.15, -0.1) is 0 Å². The highest BCUT2D eigenvalue weighted by molar-refractivity contribution is 5.98. The standard InChI is InChI=1S/C26H34N2O6.C21H27N3O3/c1-25(2,3)34-24(31)28-26(4,5)21(23(30)32-6)27-22(29)19-13-15-20(16-14-19)33-17-9-12-18-10-7-8-11-18;1-21(2,22)18(20(26)23-3)24-19(25)16-10-12-17(13-11-16)27-14-6-9-15-7-4-5-8-15/h10,13-16,21H,7-8,11,17H2,1-6H3,(H,27,29)(H,28,31);7,10-13,18H,4-5,8,14,22H2,1-3H3,(H,23,26)(H,24,25)/t21-;18-/m11/s1. The van der Waals surface area contributed by atoms with Gasteiger partial charge < -0.3 is 45.9 Å². The molecule has 2 aromatic carbocycles. The lowest BCUT2D eigenvalue weighted by atomic mass is 9.94. The molecule has 2 atom stereocenters. The Morgan fingerprint density at radius 3 is 1.51 bits per heavy atom. The van der Waals surface area contributed by atoms with Crippen LogP contribution < -0.4 is 36.5 Å². The number of hydrogen-bond acceptors (Lipinski definition) is 10. The number of nitrogens with one attached hydrogen (secondary N) is 4. The van der Waals surface area contributed by atoms with Crippen molar-refractivity contribution in [2.24, 2.45) is 5.73 Å². The molecule has 2 aromatic rings. The van der Waals surface area contributed by atoms with E-state index in [0.29, 0.717) is 29.2 Å². The Hall–Kier alpha value is -6.25. The summed E-state index contributed by atoms with van der Waals surface area (Å²) in [6, 6.07) is 11.2. The first kappa shape index (κ1) is 49.1. The highest BCUT2D eigenvalue weighted by atomic mass is 16.6. The van der Waals surface area contributed by atoms with Crippen molar-refractivity contribution in [2.75, 3.05) is 27.4 Å². The molecule has 328 valence electrons. The number of ether oxygens (including phenoxy) is 4. The molecule has 61 heavy (non-hydrogen) atoms. The number of amides is 4. The Labute approximate surface area is 360 Å². The van der Waals surface area contributed by atoms with E-state index in [9.17, 15) is 24.0 Å². The van der Waals surface area contributed by atoms with Crippen LogP contribution >= 0.6 is 0 Å². The number of allylic oxidation sites excluding steroid dienone is 4. The number of likely N-dealkylation sites (N-methyl/N-ethyl adjacent to an activating group) is 1. The van der Waals surface area contributed by atoms with Crippen molar-refractivity contribution >= 4 is 29.8 Å². The van der Waals surface area contributed by atoms with Gasteiger partial charge in [-0.05, 0) is 147 Å². The van der Waals surface area contributed by atoms with E-state index in [1.165, 1.54) is 26.2 Å². The maximum Gasteiger partial charge on any atom is 0.408 e. The summed E-state index contributed by atoms with van der Waals surface area (Å²) in [5, 5.41) is 10.5.